The highest BCUT2D eigenvalue weighted by atomic mass is 16.4. The molecule has 0 amide bonds. The van der Waals surface area contributed by atoms with Crippen molar-refractivity contribution in [2.24, 2.45) is 17.8 Å². The molecule has 0 radical (unpaired) electrons. The number of rotatable bonds is 5. The second kappa shape index (κ2) is 9.18. The second-order valence-electron chi connectivity index (χ2n) is 9.70. The molecule has 0 bridgehead atoms. The van der Waals surface area contributed by atoms with Gasteiger partial charge in [-0.2, -0.15) is 4.80 Å². The van der Waals surface area contributed by atoms with E-state index in [1.165, 1.54) is 0 Å². The predicted octanol–water partition coefficient (Wildman–Crippen LogP) is 1.52. The Hall–Kier alpha value is -2.85. The van der Waals surface area contributed by atoms with E-state index in [0.717, 1.165) is 31.4 Å². The standard InChI is InChI=1S/C23H30N6O4/c30-22(31)17-9-19(29-26-21(25-27-29)14-4-2-1-3-5-14)13-28(12-17)18-7-6-15-11-24-20(23(32)33)10-16(15)8-18/h1-5,15-20,24H,6-13H2,(H,30,31)(H,32,33)/t15-,16+,17-,18-,19-,20-/m0/s1. The quantitative estimate of drug-likeness (QED) is 0.615. The molecule has 1 aliphatic carbocycles. The number of fused-ring (bicyclic) bond motifs is 1. The molecule has 3 heterocycles. The normalized spacial score (nSPS) is 32.7. The van der Waals surface area contributed by atoms with Crippen LogP contribution in [0, 0.1) is 17.8 Å². The molecule has 10 nitrogen and oxygen atoms in total. The van der Waals surface area contributed by atoms with Gasteiger partial charge in [0.05, 0.1) is 12.0 Å². The van der Waals surface area contributed by atoms with Crippen LogP contribution < -0.4 is 5.32 Å². The van der Waals surface area contributed by atoms with E-state index in [1.54, 1.807) is 4.80 Å². The molecule has 2 aliphatic heterocycles. The van der Waals surface area contributed by atoms with Crippen LogP contribution in [-0.2, 0) is 9.59 Å². The fourth-order valence-corrected chi connectivity index (χ4v) is 5.89. The predicted molar refractivity (Wildman–Crippen MR) is 118 cm³/mol. The molecule has 3 N–H and O–H groups in total. The molecule has 176 valence electrons. The minimum atomic E-state index is -0.797. The molecule has 33 heavy (non-hydrogen) atoms. The number of nitrogens with one attached hydrogen (secondary N) is 1. The monoisotopic (exact) mass is 454 g/mol. The van der Waals surface area contributed by atoms with E-state index >= 15 is 0 Å². The molecule has 10 heteroatoms. The maximum absolute atomic E-state index is 12.0. The molecule has 1 saturated carbocycles. The first-order chi connectivity index (χ1) is 16.0. The molecular weight excluding hydrogens is 424 g/mol. The summed E-state index contributed by atoms with van der Waals surface area (Å²) in [7, 11) is 0. The van der Waals surface area contributed by atoms with Crippen molar-refractivity contribution < 1.29 is 19.8 Å². The Balaban J connectivity index is 1.31. The van der Waals surface area contributed by atoms with Crippen LogP contribution in [0.4, 0.5) is 0 Å². The number of carboxylic acid groups (broad SMARTS) is 2. The van der Waals surface area contributed by atoms with Crippen molar-refractivity contribution in [3.8, 4) is 11.4 Å². The van der Waals surface area contributed by atoms with Gasteiger partial charge in [0.25, 0.3) is 0 Å². The lowest BCUT2D eigenvalue weighted by Crippen LogP contribution is -2.54. The topological polar surface area (TPSA) is 133 Å². The molecule has 1 aromatic carbocycles. The molecule has 0 unspecified atom stereocenters. The summed E-state index contributed by atoms with van der Waals surface area (Å²) in [6.07, 6.45) is 4.06. The maximum atomic E-state index is 12.0. The van der Waals surface area contributed by atoms with E-state index in [2.05, 4.69) is 25.6 Å². The summed E-state index contributed by atoms with van der Waals surface area (Å²) < 4.78 is 0. The van der Waals surface area contributed by atoms with Crippen molar-refractivity contribution in [3.63, 3.8) is 0 Å². The van der Waals surface area contributed by atoms with Crippen LogP contribution in [0.1, 0.15) is 38.1 Å². The van der Waals surface area contributed by atoms with E-state index in [1.807, 2.05) is 30.3 Å². The zero-order valence-corrected chi connectivity index (χ0v) is 18.5. The number of aliphatic carboxylic acids is 2. The van der Waals surface area contributed by atoms with Gasteiger partial charge in [0, 0.05) is 24.7 Å². The van der Waals surface area contributed by atoms with Crippen LogP contribution in [0.5, 0.6) is 0 Å². The van der Waals surface area contributed by atoms with Gasteiger partial charge < -0.3 is 15.5 Å². The number of hydrogen-bond acceptors (Lipinski definition) is 7. The SMILES string of the molecule is O=C(O)[C@H]1C[C@H](n2nnc(-c3ccccc3)n2)CN([C@H]2CC[C@H]3CN[C@H](C(=O)O)C[C@H]3C2)C1. The molecular formula is C23H30N6O4. The lowest BCUT2D eigenvalue weighted by Gasteiger charge is -2.47. The highest BCUT2D eigenvalue weighted by Gasteiger charge is 2.42. The summed E-state index contributed by atoms with van der Waals surface area (Å²) in [5.41, 5.74) is 0.878. The number of benzene rings is 1. The van der Waals surface area contributed by atoms with Crippen LogP contribution in [0.3, 0.4) is 0 Å². The third-order valence-corrected chi connectivity index (χ3v) is 7.68. The first-order valence-corrected chi connectivity index (χ1v) is 11.8. The van der Waals surface area contributed by atoms with Gasteiger partial charge in [0.15, 0.2) is 0 Å². The fourth-order valence-electron chi connectivity index (χ4n) is 5.89. The van der Waals surface area contributed by atoms with Crippen molar-refractivity contribution in [2.75, 3.05) is 19.6 Å². The number of likely N-dealkylation sites (tertiary alicyclic amines) is 1. The van der Waals surface area contributed by atoms with Gasteiger partial charge in [-0.25, -0.2) is 0 Å². The zero-order valence-electron chi connectivity index (χ0n) is 18.5. The number of piperidine rings is 2. The molecule has 3 aliphatic rings. The molecule has 1 aromatic heterocycles. The van der Waals surface area contributed by atoms with E-state index < -0.39 is 23.9 Å². The van der Waals surface area contributed by atoms with Gasteiger partial charge in [-0.3, -0.25) is 14.5 Å². The minimum absolute atomic E-state index is 0.165. The first-order valence-electron chi connectivity index (χ1n) is 11.8. The van der Waals surface area contributed by atoms with Crippen LogP contribution in [0.25, 0.3) is 11.4 Å². The molecule has 6 atom stereocenters. The van der Waals surface area contributed by atoms with Crippen LogP contribution in [0.2, 0.25) is 0 Å². The summed E-state index contributed by atoms with van der Waals surface area (Å²) in [4.78, 5) is 27.3. The van der Waals surface area contributed by atoms with Crippen molar-refractivity contribution in [3.05, 3.63) is 30.3 Å². The first kappa shape index (κ1) is 22.0. The number of tetrazole rings is 1. The van der Waals surface area contributed by atoms with E-state index in [9.17, 15) is 19.8 Å². The van der Waals surface area contributed by atoms with Crippen molar-refractivity contribution in [2.45, 2.75) is 50.2 Å². The Morgan fingerprint density at radius 1 is 0.939 bits per heavy atom. The average Bonchev–Trinajstić information content (AvgIpc) is 3.34. The Bertz CT molecular complexity index is 998. The largest absolute Gasteiger partial charge is 0.481 e. The van der Waals surface area contributed by atoms with Crippen molar-refractivity contribution in [1.82, 2.24) is 30.4 Å². The molecule has 2 aromatic rings. The average molecular weight is 455 g/mol. The summed E-state index contributed by atoms with van der Waals surface area (Å²) in [5, 5.41) is 35.4. The molecule has 5 rings (SSSR count). The summed E-state index contributed by atoms with van der Waals surface area (Å²) in [5.74, 6) is -0.690. The lowest BCUT2D eigenvalue weighted by molar-refractivity contribution is -0.146. The Morgan fingerprint density at radius 2 is 1.76 bits per heavy atom. The second-order valence-corrected chi connectivity index (χ2v) is 9.70. The number of carbonyl (C=O) groups is 2. The smallest absolute Gasteiger partial charge is 0.320 e. The molecule has 2 saturated heterocycles. The fraction of sp³-hybridized carbons (Fsp3) is 0.609. The Kier molecular flexibility index (Phi) is 6.11. The van der Waals surface area contributed by atoms with Crippen LogP contribution in [0.15, 0.2) is 30.3 Å². The third-order valence-electron chi connectivity index (χ3n) is 7.68. The van der Waals surface area contributed by atoms with Gasteiger partial charge in [-0.05, 0) is 55.7 Å². The van der Waals surface area contributed by atoms with Gasteiger partial charge in [0.2, 0.25) is 5.82 Å². The number of nitrogens with zero attached hydrogens (tertiary/aromatic N) is 5. The van der Waals surface area contributed by atoms with Crippen molar-refractivity contribution in [1.29, 1.82) is 0 Å². The zero-order chi connectivity index (χ0) is 22.9. The summed E-state index contributed by atoms with van der Waals surface area (Å²) in [6, 6.07) is 9.23. The number of carboxylic acids is 2. The highest BCUT2D eigenvalue weighted by molar-refractivity contribution is 5.73. The minimum Gasteiger partial charge on any atom is -0.481 e. The Morgan fingerprint density at radius 3 is 2.52 bits per heavy atom. The number of hydrogen-bond donors (Lipinski definition) is 3. The van der Waals surface area contributed by atoms with Gasteiger partial charge in [-0.1, -0.05) is 30.3 Å². The van der Waals surface area contributed by atoms with E-state index in [4.69, 9.17) is 0 Å². The molecule has 0 spiro atoms. The lowest BCUT2D eigenvalue weighted by atomic mass is 9.71. The van der Waals surface area contributed by atoms with Gasteiger partial charge >= 0.3 is 11.9 Å². The van der Waals surface area contributed by atoms with E-state index in [0.29, 0.717) is 43.6 Å². The maximum Gasteiger partial charge on any atom is 0.320 e. The van der Waals surface area contributed by atoms with Crippen LogP contribution >= 0.6 is 0 Å². The number of aromatic nitrogens is 4. The highest BCUT2D eigenvalue weighted by Crippen LogP contribution is 2.39. The van der Waals surface area contributed by atoms with Gasteiger partial charge in [-0.15, -0.1) is 10.2 Å². The third kappa shape index (κ3) is 4.63. The summed E-state index contributed by atoms with van der Waals surface area (Å²) in [6.45, 7) is 1.94. The van der Waals surface area contributed by atoms with E-state index in [-0.39, 0.29) is 12.1 Å². The summed E-state index contributed by atoms with van der Waals surface area (Å²) >= 11 is 0. The molecule has 3 fully saturated rings. The van der Waals surface area contributed by atoms with Gasteiger partial charge in [0.1, 0.15) is 6.04 Å². The van der Waals surface area contributed by atoms with Crippen LogP contribution in [-0.4, -0.2) is 79.0 Å². The Labute approximate surface area is 192 Å². The van der Waals surface area contributed by atoms with Crippen molar-refractivity contribution >= 4 is 11.9 Å².